The van der Waals surface area contributed by atoms with Gasteiger partial charge in [0.25, 0.3) is 0 Å². The van der Waals surface area contributed by atoms with Crippen LogP contribution in [0.5, 0.6) is 0 Å². The van der Waals surface area contributed by atoms with Crippen LogP contribution in [0.3, 0.4) is 0 Å². The van der Waals surface area contributed by atoms with Crippen LogP contribution in [0.15, 0.2) is 12.2 Å². The molecule has 2 rings (SSSR count). The third kappa shape index (κ3) is 2.55. The molecule has 1 amide bonds. The fourth-order valence-corrected chi connectivity index (χ4v) is 3.26. The lowest BCUT2D eigenvalue weighted by molar-refractivity contribution is -0.146. The minimum atomic E-state index is -0.432. The maximum absolute atomic E-state index is 12.8. The van der Waals surface area contributed by atoms with E-state index in [1.807, 2.05) is 46.4 Å². The SMILES string of the molecule is CC(C)(C)C(=O)C1C2C=CCC2CN1C(=O)C(C)(C)C. The average molecular weight is 277 g/mol. The van der Waals surface area contributed by atoms with Crippen LogP contribution in [-0.4, -0.2) is 29.2 Å². The summed E-state index contributed by atoms with van der Waals surface area (Å²) >= 11 is 0. The van der Waals surface area contributed by atoms with Crippen LogP contribution in [0, 0.1) is 22.7 Å². The summed E-state index contributed by atoms with van der Waals surface area (Å²) in [7, 11) is 0. The third-order valence-corrected chi connectivity index (χ3v) is 4.38. The van der Waals surface area contributed by atoms with Crippen LogP contribution in [-0.2, 0) is 9.59 Å². The van der Waals surface area contributed by atoms with Gasteiger partial charge < -0.3 is 4.90 Å². The summed E-state index contributed by atoms with van der Waals surface area (Å²) in [6, 6.07) is -0.273. The van der Waals surface area contributed by atoms with Gasteiger partial charge in [0, 0.05) is 23.3 Å². The predicted molar refractivity (Wildman–Crippen MR) is 80.2 cm³/mol. The van der Waals surface area contributed by atoms with E-state index in [0.29, 0.717) is 5.92 Å². The molecule has 20 heavy (non-hydrogen) atoms. The summed E-state index contributed by atoms with van der Waals surface area (Å²) in [5.41, 5.74) is -0.842. The maximum Gasteiger partial charge on any atom is 0.228 e. The molecule has 0 spiro atoms. The van der Waals surface area contributed by atoms with Crippen LogP contribution in [0.1, 0.15) is 48.0 Å². The smallest absolute Gasteiger partial charge is 0.228 e. The van der Waals surface area contributed by atoms with Crippen molar-refractivity contribution >= 4 is 11.7 Å². The zero-order chi connectivity index (χ0) is 15.3. The third-order valence-electron chi connectivity index (χ3n) is 4.38. The Morgan fingerprint density at radius 2 is 1.65 bits per heavy atom. The lowest BCUT2D eigenvalue weighted by atomic mass is 9.80. The highest BCUT2D eigenvalue weighted by molar-refractivity contribution is 5.94. The number of hydrogen-bond acceptors (Lipinski definition) is 2. The van der Waals surface area contributed by atoms with Crippen molar-refractivity contribution in [1.82, 2.24) is 4.90 Å². The zero-order valence-corrected chi connectivity index (χ0v) is 13.6. The molecule has 3 heteroatoms. The number of hydrogen-bond donors (Lipinski definition) is 0. The molecule has 0 aromatic heterocycles. The molecular weight excluding hydrogens is 250 g/mol. The molecule has 0 N–H and O–H groups in total. The lowest BCUT2D eigenvalue weighted by Gasteiger charge is -2.34. The van der Waals surface area contributed by atoms with E-state index in [1.165, 1.54) is 0 Å². The molecule has 1 aliphatic carbocycles. The van der Waals surface area contributed by atoms with Crippen LogP contribution >= 0.6 is 0 Å². The van der Waals surface area contributed by atoms with E-state index in [-0.39, 0.29) is 23.7 Å². The van der Waals surface area contributed by atoms with E-state index in [9.17, 15) is 9.59 Å². The molecule has 0 bridgehead atoms. The molecular formula is C17H27NO2. The van der Waals surface area contributed by atoms with Crippen LogP contribution < -0.4 is 0 Å². The Bertz CT molecular complexity index is 451. The van der Waals surface area contributed by atoms with Gasteiger partial charge in [-0.3, -0.25) is 9.59 Å². The second-order valence-electron chi connectivity index (χ2n) is 8.27. The fraction of sp³-hybridized carbons (Fsp3) is 0.765. The van der Waals surface area contributed by atoms with Crippen LogP contribution in [0.2, 0.25) is 0 Å². The number of likely N-dealkylation sites (tertiary alicyclic amines) is 1. The molecule has 1 aliphatic heterocycles. The lowest BCUT2D eigenvalue weighted by Crippen LogP contribution is -2.50. The van der Waals surface area contributed by atoms with Crippen molar-refractivity contribution in [3.05, 3.63) is 12.2 Å². The maximum atomic E-state index is 12.8. The van der Waals surface area contributed by atoms with Crippen molar-refractivity contribution in [3.8, 4) is 0 Å². The zero-order valence-electron chi connectivity index (χ0n) is 13.6. The summed E-state index contributed by atoms with van der Waals surface area (Å²) in [6.45, 7) is 12.3. The standard InChI is InChI=1S/C17H27NO2/c1-16(2,3)14(19)13-12-9-7-8-11(12)10-18(13)15(20)17(4,5)6/h7,9,11-13H,8,10H2,1-6H3. The molecule has 0 radical (unpaired) electrons. The molecule has 0 saturated carbocycles. The molecule has 3 atom stereocenters. The molecule has 1 heterocycles. The van der Waals surface area contributed by atoms with Gasteiger partial charge in [-0.25, -0.2) is 0 Å². The number of nitrogens with zero attached hydrogens (tertiary/aromatic N) is 1. The van der Waals surface area contributed by atoms with Crippen molar-refractivity contribution in [2.24, 2.45) is 22.7 Å². The number of allylic oxidation sites excluding steroid dienone is 1. The van der Waals surface area contributed by atoms with E-state index < -0.39 is 10.8 Å². The molecule has 1 saturated heterocycles. The Morgan fingerprint density at radius 1 is 1.05 bits per heavy atom. The van der Waals surface area contributed by atoms with Gasteiger partial charge in [0.1, 0.15) is 0 Å². The average Bonchev–Trinajstić information content (AvgIpc) is 2.83. The molecule has 3 unspecified atom stereocenters. The summed E-state index contributed by atoms with van der Waals surface area (Å²) in [5, 5.41) is 0. The van der Waals surface area contributed by atoms with Gasteiger partial charge >= 0.3 is 0 Å². The number of carbonyl (C=O) groups excluding carboxylic acids is 2. The second-order valence-corrected chi connectivity index (χ2v) is 8.27. The molecule has 2 aliphatic rings. The topological polar surface area (TPSA) is 37.4 Å². The van der Waals surface area contributed by atoms with E-state index >= 15 is 0 Å². The number of fused-ring (bicyclic) bond motifs is 1. The Labute approximate surface area is 122 Å². The van der Waals surface area contributed by atoms with Gasteiger partial charge in [0.2, 0.25) is 5.91 Å². The Kier molecular flexibility index (Phi) is 3.60. The monoisotopic (exact) mass is 277 g/mol. The van der Waals surface area contributed by atoms with Crippen LogP contribution in [0.4, 0.5) is 0 Å². The first-order valence-corrected chi connectivity index (χ1v) is 7.55. The summed E-state index contributed by atoms with van der Waals surface area (Å²) in [5.74, 6) is 0.933. The number of amides is 1. The van der Waals surface area contributed by atoms with Gasteiger partial charge in [-0.1, -0.05) is 53.7 Å². The number of rotatable bonds is 1. The number of carbonyl (C=O) groups is 2. The van der Waals surface area contributed by atoms with Gasteiger partial charge in [0.05, 0.1) is 6.04 Å². The van der Waals surface area contributed by atoms with Gasteiger partial charge in [0.15, 0.2) is 5.78 Å². The van der Waals surface area contributed by atoms with Gasteiger partial charge in [-0.15, -0.1) is 0 Å². The first-order chi connectivity index (χ1) is 9.03. The minimum absolute atomic E-state index is 0.0999. The van der Waals surface area contributed by atoms with Crippen LogP contribution in [0.25, 0.3) is 0 Å². The summed E-state index contributed by atoms with van der Waals surface area (Å²) in [6.07, 6.45) is 5.30. The van der Waals surface area contributed by atoms with E-state index in [2.05, 4.69) is 12.2 Å². The molecule has 1 fully saturated rings. The highest BCUT2D eigenvalue weighted by Gasteiger charge is 2.51. The molecule has 112 valence electrons. The highest BCUT2D eigenvalue weighted by Crippen LogP contribution is 2.42. The normalized spacial score (nSPS) is 29.7. The highest BCUT2D eigenvalue weighted by atomic mass is 16.2. The number of Topliss-reactive ketones (excluding diaryl/α,β-unsaturated/α-hetero) is 1. The quantitative estimate of drug-likeness (QED) is 0.691. The first-order valence-electron chi connectivity index (χ1n) is 7.55. The van der Waals surface area contributed by atoms with E-state index in [1.54, 1.807) is 0 Å². The van der Waals surface area contributed by atoms with Crippen molar-refractivity contribution in [2.75, 3.05) is 6.54 Å². The van der Waals surface area contributed by atoms with Crippen molar-refractivity contribution in [3.63, 3.8) is 0 Å². The Balaban J connectivity index is 2.34. The van der Waals surface area contributed by atoms with Gasteiger partial charge in [-0.05, 0) is 12.3 Å². The first kappa shape index (κ1) is 15.3. The van der Waals surface area contributed by atoms with Gasteiger partial charge in [-0.2, -0.15) is 0 Å². The van der Waals surface area contributed by atoms with E-state index in [0.717, 1.165) is 13.0 Å². The molecule has 0 aromatic rings. The second kappa shape index (κ2) is 4.71. The van der Waals surface area contributed by atoms with Crippen molar-refractivity contribution in [2.45, 2.75) is 54.0 Å². The van der Waals surface area contributed by atoms with E-state index in [4.69, 9.17) is 0 Å². The van der Waals surface area contributed by atoms with Crippen molar-refractivity contribution in [1.29, 1.82) is 0 Å². The molecule has 0 aromatic carbocycles. The summed E-state index contributed by atoms with van der Waals surface area (Å²) in [4.78, 5) is 27.4. The summed E-state index contributed by atoms with van der Waals surface area (Å²) < 4.78 is 0. The fourth-order valence-electron chi connectivity index (χ4n) is 3.26. The largest absolute Gasteiger partial charge is 0.331 e. The predicted octanol–water partition coefficient (Wildman–Crippen LogP) is 3.05. The molecule has 3 nitrogen and oxygen atoms in total. The Morgan fingerprint density at radius 3 is 2.15 bits per heavy atom. The Hall–Kier alpha value is -1.12. The van der Waals surface area contributed by atoms with Crippen molar-refractivity contribution < 1.29 is 9.59 Å². The number of ketones is 1. The minimum Gasteiger partial charge on any atom is -0.331 e.